The Labute approximate surface area is 101 Å². The number of aromatic nitrogens is 1. The van der Waals surface area contributed by atoms with Gasteiger partial charge in [0.1, 0.15) is 5.60 Å². The zero-order valence-electron chi connectivity index (χ0n) is 10.2. The number of ether oxygens (including phenoxy) is 1. The molecule has 0 fully saturated rings. The third-order valence-corrected chi connectivity index (χ3v) is 2.85. The summed E-state index contributed by atoms with van der Waals surface area (Å²) in [6.07, 6.45) is 3.54. The summed E-state index contributed by atoms with van der Waals surface area (Å²) < 4.78 is 5.33. The molecule has 0 bridgehead atoms. The minimum absolute atomic E-state index is 0.289. The Bertz CT molecular complexity index is 503. The van der Waals surface area contributed by atoms with Gasteiger partial charge in [-0.3, -0.25) is 4.98 Å². The summed E-state index contributed by atoms with van der Waals surface area (Å²) in [5.41, 5.74) is -0.130. The van der Waals surface area contributed by atoms with Crippen molar-refractivity contribution < 1.29 is 9.84 Å². The molecule has 0 aliphatic rings. The molecule has 1 aromatic carbocycles. The molecule has 1 aromatic heterocycles. The Balaban J connectivity index is 2.47. The summed E-state index contributed by atoms with van der Waals surface area (Å²) in [6, 6.07) is 7.81. The normalized spacial score (nSPS) is 14.8. The summed E-state index contributed by atoms with van der Waals surface area (Å²) in [4.78, 5) is 4.12. The first-order chi connectivity index (χ1) is 8.15. The van der Waals surface area contributed by atoms with Crippen LogP contribution >= 0.6 is 0 Å². The Morgan fingerprint density at radius 3 is 2.94 bits per heavy atom. The fourth-order valence-electron chi connectivity index (χ4n) is 1.96. The Kier molecular flexibility index (Phi) is 3.41. The molecule has 0 saturated carbocycles. The highest BCUT2D eigenvalue weighted by atomic mass is 16.5. The van der Waals surface area contributed by atoms with E-state index in [4.69, 9.17) is 4.74 Å². The van der Waals surface area contributed by atoms with Crippen LogP contribution in [-0.2, 0) is 10.3 Å². The van der Waals surface area contributed by atoms with Crippen molar-refractivity contribution >= 4 is 10.8 Å². The number of benzene rings is 1. The number of rotatable bonds is 4. The molecule has 1 heterocycles. The van der Waals surface area contributed by atoms with Crippen LogP contribution < -0.4 is 0 Å². The fraction of sp³-hybridized carbons (Fsp3) is 0.357. The van der Waals surface area contributed by atoms with Gasteiger partial charge in [0.05, 0.1) is 6.61 Å². The lowest BCUT2D eigenvalue weighted by molar-refractivity contribution is -0.0333. The van der Waals surface area contributed by atoms with Gasteiger partial charge in [0.25, 0.3) is 0 Å². The molecule has 0 radical (unpaired) electrons. The van der Waals surface area contributed by atoms with E-state index in [-0.39, 0.29) is 6.61 Å². The highest BCUT2D eigenvalue weighted by molar-refractivity contribution is 5.85. The maximum absolute atomic E-state index is 10.5. The first-order valence-electron chi connectivity index (χ1n) is 5.78. The van der Waals surface area contributed by atoms with Crippen LogP contribution in [0.2, 0.25) is 0 Å². The minimum atomic E-state index is -0.988. The smallest absolute Gasteiger partial charge is 0.111 e. The Morgan fingerprint density at radius 2 is 2.18 bits per heavy atom. The van der Waals surface area contributed by atoms with E-state index < -0.39 is 5.60 Å². The van der Waals surface area contributed by atoms with Gasteiger partial charge in [0.2, 0.25) is 0 Å². The quantitative estimate of drug-likeness (QED) is 0.879. The molecule has 0 amide bonds. The predicted molar refractivity (Wildman–Crippen MR) is 67.8 cm³/mol. The highest BCUT2D eigenvalue weighted by Gasteiger charge is 2.25. The average molecular weight is 231 g/mol. The lowest BCUT2D eigenvalue weighted by atomic mass is 9.92. The van der Waals surface area contributed by atoms with E-state index in [1.165, 1.54) is 0 Å². The summed E-state index contributed by atoms with van der Waals surface area (Å²) >= 11 is 0. The monoisotopic (exact) mass is 231 g/mol. The minimum Gasteiger partial charge on any atom is -0.383 e. The first kappa shape index (κ1) is 12.0. The summed E-state index contributed by atoms with van der Waals surface area (Å²) in [5.74, 6) is 0. The molecular weight excluding hydrogens is 214 g/mol. The molecular formula is C14H17NO2. The van der Waals surface area contributed by atoms with Gasteiger partial charge in [-0.2, -0.15) is 0 Å². The number of pyridine rings is 1. The van der Waals surface area contributed by atoms with Gasteiger partial charge in [0, 0.05) is 24.4 Å². The van der Waals surface area contributed by atoms with E-state index in [9.17, 15) is 5.11 Å². The molecule has 3 nitrogen and oxygen atoms in total. The maximum atomic E-state index is 10.5. The lowest BCUT2D eigenvalue weighted by Gasteiger charge is -2.24. The fourth-order valence-corrected chi connectivity index (χ4v) is 1.96. The van der Waals surface area contributed by atoms with Gasteiger partial charge >= 0.3 is 0 Å². The van der Waals surface area contributed by atoms with Crippen molar-refractivity contribution in [1.82, 2.24) is 4.98 Å². The van der Waals surface area contributed by atoms with Crippen molar-refractivity contribution in [3.05, 3.63) is 42.2 Å². The van der Waals surface area contributed by atoms with Crippen LogP contribution in [0.1, 0.15) is 19.4 Å². The topological polar surface area (TPSA) is 42.4 Å². The lowest BCUT2D eigenvalue weighted by Crippen LogP contribution is -2.28. The summed E-state index contributed by atoms with van der Waals surface area (Å²) in [5, 5.41) is 12.5. The van der Waals surface area contributed by atoms with Crippen molar-refractivity contribution in [2.75, 3.05) is 13.2 Å². The first-order valence-corrected chi connectivity index (χ1v) is 5.78. The largest absolute Gasteiger partial charge is 0.383 e. The van der Waals surface area contributed by atoms with E-state index >= 15 is 0 Å². The molecule has 3 heteroatoms. The molecule has 2 aromatic rings. The summed E-state index contributed by atoms with van der Waals surface area (Å²) in [7, 11) is 0. The van der Waals surface area contributed by atoms with Crippen LogP contribution in [0.15, 0.2) is 36.7 Å². The Morgan fingerprint density at radius 1 is 1.35 bits per heavy atom. The predicted octanol–water partition coefficient (Wildman–Crippen LogP) is 2.48. The van der Waals surface area contributed by atoms with Gasteiger partial charge in [-0.05, 0) is 30.9 Å². The maximum Gasteiger partial charge on any atom is 0.111 e. The molecule has 90 valence electrons. The molecule has 0 saturated heterocycles. The van der Waals surface area contributed by atoms with Gasteiger partial charge < -0.3 is 9.84 Å². The van der Waals surface area contributed by atoms with Crippen LogP contribution in [-0.4, -0.2) is 23.3 Å². The van der Waals surface area contributed by atoms with Crippen LogP contribution in [0.4, 0.5) is 0 Å². The van der Waals surface area contributed by atoms with Gasteiger partial charge in [-0.1, -0.05) is 18.2 Å². The van der Waals surface area contributed by atoms with Gasteiger partial charge in [-0.15, -0.1) is 0 Å². The SMILES string of the molecule is CCOCC(C)(O)c1cccc2ccncc12. The van der Waals surface area contributed by atoms with Crippen molar-refractivity contribution in [3.63, 3.8) is 0 Å². The van der Waals surface area contributed by atoms with Crippen LogP contribution in [0, 0.1) is 0 Å². The number of hydrogen-bond donors (Lipinski definition) is 1. The van der Waals surface area contributed by atoms with Crippen molar-refractivity contribution in [2.45, 2.75) is 19.4 Å². The molecule has 1 atom stereocenters. The average Bonchev–Trinajstić information content (AvgIpc) is 2.36. The molecule has 0 aliphatic carbocycles. The molecule has 0 spiro atoms. The van der Waals surface area contributed by atoms with Gasteiger partial charge in [0.15, 0.2) is 0 Å². The van der Waals surface area contributed by atoms with Crippen LogP contribution in [0.5, 0.6) is 0 Å². The number of aliphatic hydroxyl groups is 1. The second kappa shape index (κ2) is 4.82. The number of nitrogens with zero attached hydrogens (tertiary/aromatic N) is 1. The van der Waals surface area contributed by atoms with E-state index in [0.717, 1.165) is 16.3 Å². The molecule has 0 aliphatic heterocycles. The van der Waals surface area contributed by atoms with Crippen molar-refractivity contribution in [1.29, 1.82) is 0 Å². The van der Waals surface area contributed by atoms with E-state index in [0.29, 0.717) is 6.61 Å². The van der Waals surface area contributed by atoms with E-state index in [2.05, 4.69) is 4.98 Å². The van der Waals surface area contributed by atoms with Crippen LogP contribution in [0.3, 0.4) is 0 Å². The third kappa shape index (κ3) is 2.46. The molecule has 17 heavy (non-hydrogen) atoms. The zero-order chi connectivity index (χ0) is 12.3. The second-order valence-corrected chi connectivity index (χ2v) is 4.31. The second-order valence-electron chi connectivity index (χ2n) is 4.31. The molecule has 1 unspecified atom stereocenters. The molecule has 1 N–H and O–H groups in total. The van der Waals surface area contributed by atoms with E-state index in [1.807, 2.05) is 31.2 Å². The number of fused-ring (bicyclic) bond motifs is 1. The van der Waals surface area contributed by atoms with Gasteiger partial charge in [-0.25, -0.2) is 0 Å². The van der Waals surface area contributed by atoms with Crippen molar-refractivity contribution in [3.8, 4) is 0 Å². The highest BCUT2D eigenvalue weighted by Crippen LogP contribution is 2.28. The Hall–Kier alpha value is -1.45. The third-order valence-electron chi connectivity index (χ3n) is 2.85. The zero-order valence-corrected chi connectivity index (χ0v) is 10.2. The van der Waals surface area contributed by atoms with Crippen LogP contribution in [0.25, 0.3) is 10.8 Å². The number of hydrogen-bond acceptors (Lipinski definition) is 3. The summed E-state index contributed by atoms with van der Waals surface area (Å²) in [6.45, 7) is 4.57. The molecule has 2 rings (SSSR count). The van der Waals surface area contributed by atoms with E-state index in [1.54, 1.807) is 19.3 Å². The van der Waals surface area contributed by atoms with Crippen molar-refractivity contribution in [2.24, 2.45) is 0 Å². The standard InChI is InChI=1S/C14H17NO2/c1-3-17-10-14(2,16)13-6-4-5-11-7-8-15-9-12(11)13/h4-9,16H,3,10H2,1-2H3.